The predicted molar refractivity (Wildman–Crippen MR) is 109 cm³/mol. The maximum atomic E-state index is 13.3. The number of amides is 1. The summed E-state index contributed by atoms with van der Waals surface area (Å²) in [5.41, 5.74) is -1.23. The smallest absolute Gasteiger partial charge is 0.419 e. The molecule has 0 bridgehead atoms. The molecule has 3 rings (SSSR count). The number of hydrogen-bond acceptors (Lipinski definition) is 4. The van der Waals surface area contributed by atoms with Gasteiger partial charge in [0.15, 0.2) is 6.61 Å². The number of sulfonamides is 1. The number of carbonyl (C=O) groups excluding carboxylic acids is 1. The van der Waals surface area contributed by atoms with Crippen LogP contribution in [0.15, 0.2) is 41.3 Å². The molecule has 2 aromatic rings. The van der Waals surface area contributed by atoms with E-state index in [4.69, 9.17) is 4.74 Å². The zero-order chi connectivity index (χ0) is 23.5. The van der Waals surface area contributed by atoms with Crippen LogP contribution in [0.5, 0.6) is 5.75 Å². The second-order valence-electron chi connectivity index (χ2n) is 7.42. The molecule has 0 unspecified atom stereocenters. The average Bonchev–Trinajstić information content (AvgIpc) is 2.74. The first-order chi connectivity index (χ1) is 15.0. The number of nitrogens with one attached hydrogen (secondary N) is 1. The highest BCUT2D eigenvalue weighted by Crippen LogP contribution is 2.33. The van der Waals surface area contributed by atoms with Crippen molar-refractivity contribution < 1.29 is 35.5 Å². The number of halogens is 4. The van der Waals surface area contributed by atoms with Crippen LogP contribution in [-0.2, 0) is 21.0 Å². The zero-order valence-corrected chi connectivity index (χ0v) is 18.0. The van der Waals surface area contributed by atoms with Crippen molar-refractivity contribution in [1.29, 1.82) is 0 Å². The molecule has 0 saturated carbocycles. The van der Waals surface area contributed by atoms with Gasteiger partial charge in [0.25, 0.3) is 5.91 Å². The predicted octanol–water partition coefficient (Wildman–Crippen LogP) is 4.35. The summed E-state index contributed by atoms with van der Waals surface area (Å²) in [6, 6.07) is 6.39. The molecule has 1 aliphatic heterocycles. The van der Waals surface area contributed by atoms with Gasteiger partial charge in [0.2, 0.25) is 10.0 Å². The maximum absolute atomic E-state index is 13.3. The number of aryl methyl sites for hydroxylation is 1. The van der Waals surface area contributed by atoms with E-state index in [0.717, 1.165) is 25.3 Å². The third-order valence-corrected chi connectivity index (χ3v) is 6.91. The molecular weight excluding hydrogens is 452 g/mol. The summed E-state index contributed by atoms with van der Waals surface area (Å²) in [6.45, 7) is 2.04. The second kappa shape index (κ2) is 9.45. The van der Waals surface area contributed by atoms with Gasteiger partial charge in [-0.25, -0.2) is 12.8 Å². The molecule has 0 atom stereocenters. The molecule has 0 spiro atoms. The Morgan fingerprint density at radius 1 is 1.09 bits per heavy atom. The fourth-order valence-corrected chi connectivity index (χ4v) is 4.96. The lowest BCUT2D eigenvalue weighted by Crippen LogP contribution is -2.35. The quantitative estimate of drug-likeness (QED) is 0.632. The molecule has 32 heavy (non-hydrogen) atoms. The summed E-state index contributed by atoms with van der Waals surface area (Å²) in [6.07, 6.45) is -2.27. The van der Waals surface area contributed by atoms with Crippen LogP contribution in [0.1, 0.15) is 30.4 Å². The molecule has 1 amide bonds. The number of ether oxygens (including phenoxy) is 1. The van der Waals surface area contributed by atoms with Crippen molar-refractivity contribution in [2.45, 2.75) is 37.3 Å². The van der Waals surface area contributed by atoms with E-state index >= 15 is 0 Å². The van der Waals surface area contributed by atoms with Gasteiger partial charge in [-0.05, 0) is 61.7 Å². The van der Waals surface area contributed by atoms with E-state index in [9.17, 15) is 30.8 Å². The van der Waals surface area contributed by atoms with E-state index in [2.05, 4.69) is 5.32 Å². The lowest BCUT2D eigenvalue weighted by molar-refractivity contribution is -0.140. The summed E-state index contributed by atoms with van der Waals surface area (Å²) < 4.78 is 84.1. The SMILES string of the molecule is Cc1cc(S(=O)(=O)N2CCCCC2)ccc1OCC(=O)Nc1ccc(F)c(C(F)(F)F)c1. The fourth-order valence-electron chi connectivity index (χ4n) is 3.36. The molecule has 2 aromatic carbocycles. The Morgan fingerprint density at radius 2 is 1.78 bits per heavy atom. The summed E-state index contributed by atoms with van der Waals surface area (Å²) >= 11 is 0. The third-order valence-electron chi connectivity index (χ3n) is 5.01. The zero-order valence-electron chi connectivity index (χ0n) is 17.2. The van der Waals surface area contributed by atoms with Crippen molar-refractivity contribution in [3.8, 4) is 5.75 Å². The van der Waals surface area contributed by atoms with Crippen LogP contribution < -0.4 is 10.1 Å². The van der Waals surface area contributed by atoms with Crippen LogP contribution in [0.25, 0.3) is 0 Å². The number of alkyl halides is 3. The van der Waals surface area contributed by atoms with Gasteiger partial charge < -0.3 is 10.1 Å². The van der Waals surface area contributed by atoms with Crippen molar-refractivity contribution in [3.63, 3.8) is 0 Å². The van der Waals surface area contributed by atoms with E-state index in [-0.39, 0.29) is 16.3 Å². The van der Waals surface area contributed by atoms with Gasteiger partial charge in [-0.15, -0.1) is 0 Å². The molecule has 1 saturated heterocycles. The first kappa shape index (κ1) is 24.0. The minimum atomic E-state index is -4.89. The lowest BCUT2D eigenvalue weighted by atomic mass is 10.2. The monoisotopic (exact) mass is 474 g/mol. The van der Waals surface area contributed by atoms with E-state index in [1.807, 2.05) is 0 Å². The molecule has 174 valence electrons. The number of nitrogens with zero attached hydrogens (tertiary/aromatic N) is 1. The highest BCUT2D eigenvalue weighted by Gasteiger charge is 2.34. The molecule has 1 aliphatic rings. The van der Waals surface area contributed by atoms with Gasteiger partial charge >= 0.3 is 6.18 Å². The number of piperidine rings is 1. The van der Waals surface area contributed by atoms with Crippen LogP contribution in [-0.4, -0.2) is 38.3 Å². The van der Waals surface area contributed by atoms with Gasteiger partial charge in [0.1, 0.15) is 11.6 Å². The van der Waals surface area contributed by atoms with Crippen molar-refractivity contribution in [1.82, 2.24) is 4.31 Å². The van der Waals surface area contributed by atoms with Crippen LogP contribution >= 0.6 is 0 Å². The normalized spacial score (nSPS) is 15.4. The Balaban J connectivity index is 1.64. The Hall–Kier alpha value is -2.66. The molecule has 0 aliphatic carbocycles. The molecule has 6 nitrogen and oxygen atoms in total. The summed E-state index contributed by atoms with van der Waals surface area (Å²) in [5.74, 6) is -1.94. The number of anilines is 1. The largest absolute Gasteiger partial charge is 0.483 e. The highest BCUT2D eigenvalue weighted by atomic mass is 32.2. The van der Waals surface area contributed by atoms with Crippen molar-refractivity contribution >= 4 is 21.6 Å². The molecular formula is C21H22F4N2O4S. The Morgan fingerprint density at radius 3 is 2.41 bits per heavy atom. The Labute approximate surface area is 183 Å². The number of hydrogen-bond donors (Lipinski definition) is 1. The molecule has 1 N–H and O–H groups in total. The van der Waals surface area contributed by atoms with E-state index in [1.165, 1.54) is 22.5 Å². The summed E-state index contributed by atoms with van der Waals surface area (Å²) in [5, 5.41) is 2.22. The standard InChI is InChI=1S/C21H22F4N2O4S/c1-14-11-16(32(29,30)27-9-3-2-4-10-27)6-8-19(14)31-13-20(28)26-15-5-7-18(22)17(12-15)21(23,24)25/h5-8,11-12H,2-4,9-10,13H2,1H3,(H,26,28). The first-order valence-electron chi connectivity index (χ1n) is 9.88. The Kier molecular flexibility index (Phi) is 7.09. The fraction of sp³-hybridized carbons (Fsp3) is 0.381. The number of carbonyl (C=O) groups is 1. The number of benzene rings is 2. The molecule has 1 fully saturated rings. The third kappa shape index (κ3) is 5.57. The van der Waals surface area contributed by atoms with Gasteiger partial charge in [-0.3, -0.25) is 4.79 Å². The van der Waals surface area contributed by atoms with E-state index in [0.29, 0.717) is 30.8 Å². The maximum Gasteiger partial charge on any atom is 0.419 e. The number of rotatable bonds is 6. The van der Waals surface area contributed by atoms with Crippen LogP contribution in [0.2, 0.25) is 0 Å². The Bertz CT molecular complexity index is 1100. The summed E-state index contributed by atoms with van der Waals surface area (Å²) in [4.78, 5) is 12.2. The van der Waals surface area contributed by atoms with Crippen molar-refractivity contribution in [2.24, 2.45) is 0 Å². The topological polar surface area (TPSA) is 75.7 Å². The molecule has 0 radical (unpaired) electrons. The van der Waals surface area contributed by atoms with Gasteiger partial charge in [-0.1, -0.05) is 6.42 Å². The molecule has 1 heterocycles. The van der Waals surface area contributed by atoms with E-state index < -0.39 is 40.1 Å². The first-order valence-corrected chi connectivity index (χ1v) is 11.3. The van der Waals surface area contributed by atoms with Crippen LogP contribution in [0.4, 0.5) is 23.2 Å². The van der Waals surface area contributed by atoms with Crippen molar-refractivity contribution in [3.05, 3.63) is 53.3 Å². The van der Waals surface area contributed by atoms with Crippen molar-refractivity contribution in [2.75, 3.05) is 25.0 Å². The highest BCUT2D eigenvalue weighted by molar-refractivity contribution is 7.89. The van der Waals surface area contributed by atoms with Gasteiger partial charge in [0.05, 0.1) is 10.5 Å². The van der Waals surface area contributed by atoms with Crippen LogP contribution in [0.3, 0.4) is 0 Å². The second-order valence-corrected chi connectivity index (χ2v) is 9.36. The minimum absolute atomic E-state index is 0.125. The summed E-state index contributed by atoms with van der Waals surface area (Å²) in [7, 11) is -3.62. The lowest BCUT2D eigenvalue weighted by Gasteiger charge is -2.26. The van der Waals surface area contributed by atoms with Gasteiger partial charge in [-0.2, -0.15) is 17.5 Å². The minimum Gasteiger partial charge on any atom is -0.483 e. The molecule has 0 aromatic heterocycles. The molecule has 11 heteroatoms. The van der Waals surface area contributed by atoms with E-state index in [1.54, 1.807) is 6.92 Å². The van der Waals surface area contributed by atoms with Gasteiger partial charge in [0, 0.05) is 18.8 Å². The average molecular weight is 474 g/mol. The van der Waals surface area contributed by atoms with Crippen LogP contribution in [0, 0.1) is 12.7 Å².